The van der Waals surface area contributed by atoms with Gasteiger partial charge in [-0.25, -0.2) is 4.99 Å². The fourth-order valence-electron chi connectivity index (χ4n) is 4.15. The summed E-state index contributed by atoms with van der Waals surface area (Å²) in [4.78, 5) is 25.2. The molecule has 1 amide bonds. The number of guanidine groups is 1. The summed E-state index contributed by atoms with van der Waals surface area (Å²) in [5.74, 6) is 1.15. The molecular formula is C25H36ClN7O. The van der Waals surface area contributed by atoms with Crippen molar-refractivity contribution in [2.24, 2.45) is 9.98 Å². The fourth-order valence-corrected chi connectivity index (χ4v) is 4.28. The molecule has 0 unspecified atom stereocenters. The Morgan fingerprint density at radius 2 is 1.74 bits per heavy atom. The van der Waals surface area contributed by atoms with Crippen LogP contribution in [0.15, 0.2) is 45.6 Å². The number of hydrogen-bond acceptors (Lipinski definition) is 7. The first kappa shape index (κ1) is 25.7. The molecule has 0 saturated carbocycles. The molecule has 3 rings (SSSR count). The zero-order chi connectivity index (χ0) is 25.0. The Hall–Kier alpha value is -2.87. The van der Waals surface area contributed by atoms with E-state index in [1.807, 2.05) is 36.1 Å². The van der Waals surface area contributed by atoms with Crippen LogP contribution in [0.3, 0.4) is 0 Å². The molecule has 2 heterocycles. The highest BCUT2D eigenvalue weighted by molar-refractivity contribution is 6.49. The smallest absolute Gasteiger partial charge is 0.228 e. The van der Waals surface area contributed by atoms with Gasteiger partial charge in [-0.1, -0.05) is 23.7 Å². The first-order valence-electron chi connectivity index (χ1n) is 11.7. The maximum absolute atomic E-state index is 11.7. The van der Waals surface area contributed by atoms with E-state index in [4.69, 9.17) is 27.0 Å². The quantitative estimate of drug-likeness (QED) is 0.595. The lowest BCUT2D eigenvalue weighted by molar-refractivity contribution is -0.130. The fraction of sp³-hybridized carbons (Fsp3) is 0.520. The summed E-state index contributed by atoms with van der Waals surface area (Å²) in [6.45, 7) is 14.4. The molecule has 184 valence electrons. The van der Waals surface area contributed by atoms with Crippen molar-refractivity contribution in [2.45, 2.75) is 59.5 Å². The summed E-state index contributed by atoms with van der Waals surface area (Å²) in [7, 11) is 0. The minimum absolute atomic E-state index is 0.0828. The zero-order valence-corrected chi connectivity index (χ0v) is 21.8. The number of halogens is 1. The number of piperazine rings is 1. The van der Waals surface area contributed by atoms with E-state index in [1.54, 1.807) is 6.92 Å². The van der Waals surface area contributed by atoms with Crippen LogP contribution in [0.5, 0.6) is 0 Å². The summed E-state index contributed by atoms with van der Waals surface area (Å²) >= 11 is 6.04. The van der Waals surface area contributed by atoms with Crippen LogP contribution in [0.1, 0.15) is 47.1 Å². The molecule has 2 aliphatic heterocycles. The molecule has 1 saturated heterocycles. The Balaban J connectivity index is 1.88. The lowest BCUT2D eigenvalue weighted by Gasteiger charge is -2.36. The Morgan fingerprint density at radius 1 is 1.12 bits per heavy atom. The van der Waals surface area contributed by atoms with Gasteiger partial charge >= 0.3 is 0 Å². The molecule has 0 bridgehead atoms. The topological polar surface area (TPSA) is 96.2 Å². The Kier molecular flexibility index (Phi) is 8.02. The second-order valence-electron chi connectivity index (χ2n) is 9.83. The molecule has 34 heavy (non-hydrogen) atoms. The van der Waals surface area contributed by atoms with Crippen molar-refractivity contribution < 1.29 is 4.79 Å². The van der Waals surface area contributed by atoms with Crippen molar-refractivity contribution in [3.05, 3.63) is 46.2 Å². The second kappa shape index (κ2) is 10.6. The number of nitrogens with zero attached hydrogens (tertiary/aromatic N) is 4. The number of carbonyl (C=O) groups excluding carboxylic acids is 1. The number of rotatable bonds is 5. The molecule has 0 aromatic heterocycles. The van der Waals surface area contributed by atoms with Crippen LogP contribution in [0.2, 0.25) is 5.02 Å². The third-order valence-corrected chi connectivity index (χ3v) is 6.03. The molecule has 0 aliphatic carbocycles. The third-order valence-electron chi connectivity index (χ3n) is 5.78. The van der Waals surface area contributed by atoms with Gasteiger partial charge < -0.3 is 20.4 Å². The van der Waals surface area contributed by atoms with Crippen molar-refractivity contribution in [2.75, 3.05) is 26.2 Å². The SMILES string of the molecule is CC(=O)N1CCN(C2=N/C(=C(\C)NC(C)C)C(=N)C(NC(C)(C)Cc3ccc(Cl)cc3)=N2)CC1. The molecule has 2 aliphatic rings. The number of carbonyl (C=O) groups is 1. The van der Waals surface area contributed by atoms with E-state index in [9.17, 15) is 4.79 Å². The van der Waals surface area contributed by atoms with Crippen LogP contribution >= 0.6 is 11.6 Å². The number of nitrogens with one attached hydrogen (secondary N) is 3. The number of allylic oxidation sites excluding steroid dienone is 1. The van der Waals surface area contributed by atoms with Gasteiger partial charge in [-0.05, 0) is 58.7 Å². The van der Waals surface area contributed by atoms with E-state index in [-0.39, 0.29) is 23.2 Å². The highest BCUT2D eigenvalue weighted by Gasteiger charge is 2.30. The van der Waals surface area contributed by atoms with Gasteiger partial charge in [0.2, 0.25) is 11.9 Å². The van der Waals surface area contributed by atoms with Crippen LogP contribution in [-0.2, 0) is 11.2 Å². The first-order valence-corrected chi connectivity index (χ1v) is 12.1. The van der Waals surface area contributed by atoms with Gasteiger partial charge in [0.1, 0.15) is 11.4 Å². The van der Waals surface area contributed by atoms with E-state index < -0.39 is 0 Å². The monoisotopic (exact) mass is 485 g/mol. The maximum Gasteiger partial charge on any atom is 0.228 e. The predicted octanol–water partition coefficient (Wildman–Crippen LogP) is 3.43. The van der Waals surface area contributed by atoms with Crippen LogP contribution in [0.4, 0.5) is 0 Å². The van der Waals surface area contributed by atoms with Crippen molar-refractivity contribution in [3.63, 3.8) is 0 Å². The lowest BCUT2D eigenvalue weighted by atomic mass is 9.94. The third kappa shape index (κ3) is 6.59. The molecule has 1 aromatic carbocycles. The Bertz CT molecular complexity index is 1020. The number of aliphatic imine (C=N–C) groups is 2. The highest BCUT2D eigenvalue weighted by Crippen LogP contribution is 2.20. The van der Waals surface area contributed by atoms with E-state index in [1.165, 1.54) is 0 Å². The molecule has 3 N–H and O–H groups in total. The Morgan fingerprint density at radius 3 is 2.29 bits per heavy atom. The number of amides is 1. The normalized spacial score (nSPS) is 18.5. The van der Waals surface area contributed by atoms with Gasteiger partial charge in [-0.15, -0.1) is 0 Å². The average Bonchev–Trinajstić information content (AvgIpc) is 2.76. The maximum atomic E-state index is 11.7. The van der Waals surface area contributed by atoms with Gasteiger partial charge in [0, 0.05) is 55.4 Å². The molecule has 0 atom stereocenters. The van der Waals surface area contributed by atoms with Crippen molar-refractivity contribution in [1.82, 2.24) is 20.4 Å². The molecule has 0 radical (unpaired) electrons. The standard InChI is InChI=1S/C25H36ClN7O/c1-16(2)28-17(3)22-21(27)23(31-25(5,6)15-19-7-9-20(26)10-8-19)30-24(29-22)33-13-11-32(12-14-33)18(4)34/h7-10,16,27-28H,11-15H2,1-6H3,(H,29,30,31)/b22-17+,27-21?. The summed E-state index contributed by atoms with van der Waals surface area (Å²) < 4.78 is 0. The summed E-state index contributed by atoms with van der Waals surface area (Å²) in [6, 6.07) is 8.03. The van der Waals surface area contributed by atoms with E-state index >= 15 is 0 Å². The predicted molar refractivity (Wildman–Crippen MR) is 140 cm³/mol. The van der Waals surface area contributed by atoms with E-state index in [2.05, 4.69) is 43.2 Å². The van der Waals surface area contributed by atoms with Gasteiger partial charge in [-0.2, -0.15) is 4.99 Å². The molecule has 9 heteroatoms. The molecule has 1 aromatic rings. The van der Waals surface area contributed by atoms with Crippen LogP contribution < -0.4 is 10.6 Å². The molecule has 1 fully saturated rings. The van der Waals surface area contributed by atoms with E-state index in [0.29, 0.717) is 48.7 Å². The van der Waals surface area contributed by atoms with Gasteiger partial charge in [0.25, 0.3) is 0 Å². The number of hydrogen-bond donors (Lipinski definition) is 3. The van der Waals surface area contributed by atoms with Crippen LogP contribution in [0, 0.1) is 5.41 Å². The molecule has 8 nitrogen and oxygen atoms in total. The van der Waals surface area contributed by atoms with Gasteiger partial charge in [-0.3, -0.25) is 10.2 Å². The minimum Gasteiger partial charge on any atom is -0.385 e. The Labute approximate surface area is 207 Å². The van der Waals surface area contributed by atoms with Crippen molar-refractivity contribution in [1.29, 1.82) is 5.41 Å². The highest BCUT2D eigenvalue weighted by atomic mass is 35.5. The second-order valence-corrected chi connectivity index (χ2v) is 10.3. The van der Waals surface area contributed by atoms with Gasteiger partial charge in [0.15, 0.2) is 5.84 Å². The minimum atomic E-state index is -0.362. The number of amidine groups is 1. The van der Waals surface area contributed by atoms with Crippen LogP contribution in [-0.4, -0.2) is 71.0 Å². The zero-order valence-electron chi connectivity index (χ0n) is 21.0. The van der Waals surface area contributed by atoms with Crippen molar-refractivity contribution in [3.8, 4) is 0 Å². The molecule has 0 spiro atoms. The first-order chi connectivity index (χ1) is 15.9. The average molecular weight is 486 g/mol. The summed E-state index contributed by atoms with van der Waals surface area (Å²) in [5.41, 5.74) is 2.47. The molecular weight excluding hydrogens is 450 g/mol. The van der Waals surface area contributed by atoms with Gasteiger partial charge in [0.05, 0.1) is 0 Å². The summed E-state index contributed by atoms with van der Waals surface area (Å²) in [5, 5.41) is 16.5. The van der Waals surface area contributed by atoms with Crippen molar-refractivity contribution >= 4 is 35.0 Å². The largest absolute Gasteiger partial charge is 0.385 e. The lowest BCUT2D eigenvalue weighted by Crippen LogP contribution is -2.53. The van der Waals surface area contributed by atoms with E-state index in [0.717, 1.165) is 17.7 Å². The number of benzene rings is 1. The summed E-state index contributed by atoms with van der Waals surface area (Å²) in [6.07, 6.45) is 0.739. The van der Waals surface area contributed by atoms with Crippen LogP contribution in [0.25, 0.3) is 0 Å².